The Morgan fingerprint density at radius 1 is 1.20 bits per heavy atom. The molecule has 0 fully saturated rings. The summed E-state index contributed by atoms with van der Waals surface area (Å²) in [5.74, 6) is 0.712. The number of nitrogens with zero attached hydrogens (tertiary/aromatic N) is 4. The molecule has 20 heavy (non-hydrogen) atoms. The van der Waals surface area contributed by atoms with Crippen molar-refractivity contribution in [2.24, 2.45) is 4.99 Å². The SMILES string of the molecule is O=C(Nc1ncnc2c1N=C[N]2)OCc1ccccc1. The number of amides is 1. The predicted molar refractivity (Wildman–Crippen MR) is 72.2 cm³/mol. The lowest BCUT2D eigenvalue weighted by atomic mass is 10.2. The second-order valence-electron chi connectivity index (χ2n) is 3.95. The minimum atomic E-state index is -0.600. The molecule has 2 aromatic rings. The van der Waals surface area contributed by atoms with E-state index in [1.807, 2.05) is 30.3 Å². The Bertz CT molecular complexity index is 657. The standard InChI is InChI=1S/C13H10N5O2/c19-13(20-6-9-4-2-1-3-5-9)18-12-10-11(15-7-14-10)16-8-17-12/h1-5,7-8H,6H2,(H,16,17,18,19). The molecule has 1 N–H and O–H groups in total. The third-order valence-corrected chi connectivity index (χ3v) is 2.60. The van der Waals surface area contributed by atoms with Crippen molar-refractivity contribution >= 4 is 29.8 Å². The van der Waals surface area contributed by atoms with Crippen molar-refractivity contribution in [1.82, 2.24) is 15.3 Å². The molecule has 99 valence electrons. The van der Waals surface area contributed by atoms with Gasteiger partial charge in [-0.3, -0.25) is 5.32 Å². The highest BCUT2D eigenvalue weighted by Gasteiger charge is 2.17. The third kappa shape index (κ3) is 2.56. The fraction of sp³-hybridized carbons (Fsp3) is 0.0769. The highest BCUT2D eigenvalue weighted by molar-refractivity contribution is 5.92. The monoisotopic (exact) mass is 268 g/mol. The van der Waals surface area contributed by atoms with E-state index in [4.69, 9.17) is 4.74 Å². The van der Waals surface area contributed by atoms with Crippen LogP contribution in [0, 0.1) is 0 Å². The van der Waals surface area contributed by atoms with Crippen LogP contribution in [-0.2, 0) is 11.3 Å². The molecular weight excluding hydrogens is 258 g/mol. The fourth-order valence-electron chi connectivity index (χ4n) is 1.67. The van der Waals surface area contributed by atoms with Gasteiger partial charge in [-0.05, 0) is 5.56 Å². The van der Waals surface area contributed by atoms with Gasteiger partial charge in [0, 0.05) is 0 Å². The lowest BCUT2D eigenvalue weighted by Crippen LogP contribution is -2.14. The Balaban J connectivity index is 1.62. The van der Waals surface area contributed by atoms with E-state index >= 15 is 0 Å². The van der Waals surface area contributed by atoms with Gasteiger partial charge < -0.3 is 4.74 Å². The van der Waals surface area contributed by atoms with Crippen molar-refractivity contribution in [1.29, 1.82) is 0 Å². The number of ether oxygens (including phenoxy) is 1. The van der Waals surface area contributed by atoms with Crippen LogP contribution in [-0.4, -0.2) is 22.4 Å². The van der Waals surface area contributed by atoms with Crippen LogP contribution in [0.1, 0.15) is 5.56 Å². The summed E-state index contributed by atoms with van der Waals surface area (Å²) in [6.45, 7) is 0.188. The van der Waals surface area contributed by atoms with Gasteiger partial charge in [0.05, 0.1) is 0 Å². The van der Waals surface area contributed by atoms with E-state index in [0.29, 0.717) is 11.5 Å². The minimum Gasteiger partial charge on any atom is -0.444 e. The quantitative estimate of drug-likeness (QED) is 0.923. The summed E-state index contributed by atoms with van der Waals surface area (Å²) >= 11 is 0. The van der Waals surface area contributed by atoms with Crippen molar-refractivity contribution in [3.05, 3.63) is 42.2 Å². The van der Waals surface area contributed by atoms with Crippen molar-refractivity contribution < 1.29 is 9.53 Å². The highest BCUT2D eigenvalue weighted by atomic mass is 16.5. The van der Waals surface area contributed by atoms with Crippen LogP contribution in [0.15, 0.2) is 41.7 Å². The van der Waals surface area contributed by atoms with Gasteiger partial charge in [0.2, 0.25) is 0 Å². The van der Waals surface area contributed by atoms with Crippen LogP contribution in [0.25, 0.3) is 0 Å². The first kappa shape index (κ1) is 12.1. The molecule has 0 aliphatic carbocycles. The maximum Gasteiger partial charge on any atom is 0.413 e. The summed E-state index contributed by atoms with van der Waals surface area (Å²) in [6, 6.07) is 9.40. The van der Waals surface area contributed by atoms with Crippen LogP contribution in [0.4, 0.5) is 22.1 Å². The number of anilines is 1. The van der Waals surface area contributed by atoms with Crippen molar-refractivity contribution in [2.45, 2.75) is 6.61 Å². The number of nitrogens with one attached hydrogen (secondary N) is 1. The maximum absolute atomic E-state index is 11.7. The number of fused-ring (bicyclic) bond motifs is 1. The third-order valence-electron chi connectivity index (χ3n) is 2.60. The molecular formula is C13H10N5O2. The van der Waals surface area contributed by atoms with E-state index in [1.54, 1.807) is 0 Å². The number of hydrogen-bond acceptors (Lipinski definition) is 5. The summed E-state index contributed by atoms with van der Waals surface area (Å²) in [5.41, 5.74) is 1.34. The van der Waals surface area contributed by atoms with Gasteiger partial charge >= 0.3 is 6.09 Å². The van der Waals surface area contributed by atoms with E-state index in [-0.39, 0.29) is 12.4 Å². The molecule has 1 radical (unpaired) electrons. The van der Waals surface area contributed by atoms with Crippen LogP contribution in [0.5, 0.6) is 0 Å². The van der Waals surface area contributed by atoms with E-state index in [1.165, 1.54) is 12.7 Å². The molecule has 0 unspecified atom stereocenters. The predicted octanol–water partition coefficient (Wildman–Crippen LogP) is 2.13. The molecule has 0 saturated carbocycles. The number of benzene rings is 1. The zero-order valence-electron chi connectivity index (χ0n) is 10.4. The Morgan fingerprint density at radius 3 is 2.90 bits per heavy atom. The molecule has 1 aromatic carbocycles. The first-order valence-corrected chi connectivity index (χ1v) is 5.89. The Kier molecular flexibility index (Phi) is 3.24. The largest absolute Gasteiger partial charge is 0.444 e. The van der Waals surface area contributed by atoms with Crippen molar-refractivity contribution in [3.63, 3.8) is 0 Å². The highest BCUT2D eigenvalue weighted by Crippen LogP contribution is 2.32. The average molecular weight is 268 g/mol. The molecule has 0 saturated heterocycles. The van der Waals surface area contributed by atoms with E-state index in [0.717, 1.165) is 5.56 Å². The minimum absolute atomic E-state index is 0.188. The summed E-state index contributed by atoms with van der Waals surface area (Å²) in [4.78, 5) is 23.6. The lowest BCUT2D eigenvalue weighted by molar-refractivity contribution is 0.155. The Hall–Kier alpha value is -2.96. The fourth-order valence-corrected chi connectivity index (χ4v) is 1.67. The smallest absolute Gasteiger partial charge is 0.413 e. The van der Waals surface area contributed by atoms with Gasteiger partial charge in [-0.1, -0.05) is 30.3 Å². The molecule has 2 heterocycles. The van der Waals surface area contributed by atoms with Gasteiger partial charge in [0.15, 0.2) is 17.3 Å². The number of aliphatic imine (C=N–C) groups is 1. The normalized spacial score (nSPS) is 11.6. The molecule has 0 spiro atoms. The topological polar surface area (TPSA) is 90.6 Å². The molecule has 3 rings (SSSR count). The van der Waals surface area contributed by atoms with Gasteiger partial charge in [-0.2, -0.15) is 0 Å². The van der Waals surface area contributed by atoms with Gasteiger partial charge in [0.25, 0.3) is 0 Å². The molecule has 0 bridgehead atoms. The lowest BCUT2D eigenvalue weighted by Gasteiger charge is -2.07. The maximum atomic E-state index is 11.7. The van der Waals surface area contributed by atoms with Gasteiger partial charge in [-0.25, -0.2) is 25.1 Å². The van der Waals surface area contributed by atoms with E-state index in [9.17, 15) is 4.79 Å². The van der Waals surface area contributed by atoms with Crippen LogP contribution >= 0.6 is 0 Å². The number of aromatic nitrogens is 2. The second kappa shape index (κ2) is 5.35. The molecule has 7 heteroatoms. The zero-order chi connectivity index (χ0) is 13.8. The van der Waals surface area contributed by atoms with Crippen LogP contribution in [0.2, 0.25) is 0 Å². The molecule has 1 amide bonds. The van der Waals surface area contributed by atoms with Gasteiger partial charge in [0.1, 0.15) is 19.3 Å². The molecule has 0 atom stereocenters. The molecule has 1 aliphatic rings. The summed E-state index contributed by atoms with van der Waals surface area (Å²) in [7, 11) is 0. The zero-order valence-corrected chi connectivity index (χ0v) is 10.4. The second-order valence-corrected chi connectivity index (χ2v) is 3.95. The van der Waals surface area contributed by atoms with Crippen LogP contribution in [0.3, 0.4) is 0 Å². The Labute approximate surface area is 114 Å². The molecule has 7 nitrogen and oxygen atoms in total. The Morgan fingerprint density at radius 2 is 2.05 bits per heavy atom. The van der Waals surface area contributed by atoms with E-state index < -0.39 is 6.09 Å². The number of rotatable bonds is 3. The van der Waals surface area contributed by atoms with Gasteiger partial charge in [-0.15, -0.1) is 0 Å². The summed E-state index contributed by atoms with van der Waals surface area (Å²) < 4.78 is 5.10. The molecule has 1 aliphatic heterocycles. The number of carbonyl (C=O) groups excluding carboxylic acids is 1. The first-order chi connectivity index (χ1) is 9.83. The summed E-state index contributed by atoms with van der Waals surface area (Å²) in [5, 5.41) is 6.45. The average Bonchev–Trinajstić information content (AvgIpc) is 2.96. The number of carbonyl (C=O) groups is 1. The first-order valence-electron chi connectivity index (χ1n) is 5.89. The summed E-state index contributed by atoms with van der Waals surface area (Å²) in [6.07, 6.45) is 2.07. The van der Waals surface area contributed by atoms with Crippen molar-refractivity contribution in [3.8, 4) is 0 Å². The van der Waals surface area contributed by atoms with E-state index in [2.05, 4.69) is 25.6 Å². The van der Waals surface area contributed by atoms with Crippen LogP contribution < -0.4 is 10.6 Å². The number of hydrogen-bond donors (Lipinski definition) is 1. The van der Waals surface area contributed by atoms with Crippen molar-refractivity contribution in [2.75, 3.05) is 5.32 Å². The molecule has 1 aromatic heterocycles.